The summed E-state index contributed by atoms with van der Waals surface area (Å²) >= 11 is 0. The number of ether oxygens (including phenoxy) is 1. The lowest BCUT2D eigenvalue weighted by atomic mass is 9.98. The van der Waals surface area contributed by atoms with Crippen LogP contribution >= 0.6 is 0 Å². The van der Waals surface area contributed by atoms with Crippen LogP contribution in [0.25, 0.3) is 11.0 Å². The highest BCUT2D eigenvalue weighted by atomic mass is 19.3. The smallest absolute Gasteiger partial charge is 0.266 e. The monoisotopic (exact) mass is 418 g/mol. The number of halogens is 3. The van der Waals surface area contributed by atoms with Gasteiger partial charge in [-0.3, -0.25) is 9.36 Å². The van der Waals surface area contributed by atoms with Gasteiger partial charge in [0.1, 0.15) is 23.1 Å². The fourth-order valence-corrected chi connectivity index (χ4v) is 3.63. The molecule has 1 N–H and O–H groups in total. The van der Waals surface area contributed by atoms with Crippen molar-refractivity contribution in [2.45, 2.75) is 32.2 Å². The Bertz CT molecular complexity index is 1180. The summed E-state index contributed by atoms with van der Waals surface area (Å²) in [6.45, 7) is 4.29. The van der Waals surface area contributed by atoms with E-state index in [0.29, 0.717) is 41.5 Å². The number of pyridine rings is 1. The van der Waals surface area contributed by atoms with Crippen LogP contribution in [0.4, 0.5) is 19.0 Å². The molecule has 3 aromatic rings. The summed E-state index contributed by atoms with van der Waals surface area (Å²) in [7, 11) is 1.64. The van der Waals surface area contributed by atoms with Crippen LogP contribution in [0.5, 0.6) is 0 Å². The number of aryl methyl sites for hydroxylation is 2. The summed E-state index contributed by atoms with van der Waals surface area (Å²) in [5.41, 5.74) is 0.357. The van der Waals surface area contributed by atoms with Crippen molar-refractivity contribution in [3.05, 3.63) is 63.0 Å². The quantitative estimate of drug-likeness (QED) is 0.678. The van der Waals surface area contributed by atoms with Crippen LogP contribution in [-0.2, 0) is 11.8 Å². The van der Waals surface area contributed by atoms with Crippen molar-refractivity contribution in [2.24, 2.45) is 7.05 Å². The first-order valence-corrected chi connectivity index (χ1v) is 9.57. The van der Waals surface area contributed by atoms with Crippen molar-refractivity contribution in [1.82, 2.24) is 14.5 Å². The number of anilines is 1. The molecule has 2 aromatic heterocycles. The minimum Gasteiger partial charge on any atom is -0.380 e. The maximum atomic E-state index is 14.6. The molecule has 1 atom stereocenters. The van der Waals surface area contributed by atoms with Crippen LogP contribution in [0.3, 0.4) is 0 Å². The summed E-state index contributed by atoms with van der Waals surface area (Å²) in [5.74, 6) is -0.111. The predicted octanol–water partition coefficient (Wildman–Crippen LogP) is 4.00. The van der Waals surface area contributed by atoms with E-state index in [9.17, 15) is 18.0 Å². The van der Waals surface area contributed by atoms with E-state index in [-0.39, 0.29) is 17.0 Å². The lowest BCUT2D eigenvalue weighted by Gasteiger charge is -2.26. The number of fused-ring (bicyclic) bond motifs is 1. The number of alkyl halides is 2. The second-order valence-corrected chi connectivity index (χ2v) is 7.47. The highest BCUT2D eigenvalue weighted by Gasteiger charge is 2.26. The molecule has 158 valence electrons. The molecule has 0 unspecified atom stereocenters. The van der Waals surface area contributed by atoms with E-state index < -0.39 is 23.8 Å². The molecule has 0 radical (unpaired) electrons. The van der Waals surface area contributed by atoms with Gasteiger partial charge in [0.05, 0.1) is 30.2 Å². The minimum absolute atomic E-state index is 0.000144. The number of aromatic nitrogens is 3. The molecule has 1 aliphatic heterocycles. The maximum Gasteiger partial charge on any atom is 0.266 e. The summed E-state index contributed by atoms with van der Waals surface area (Å²) in [5, 5.41) is 3.71. The van der Waals surface area contributed by atoms with Gasteiger partial charge >= 0.3 is 0 Å². The van der Waals surface area contributed by atoms with Crippen molar-refractivity contribution in [1.29, 1.82) is 0 Å². The second kappa shape index (κ2) is 7.71. The topological polar surface area (TPSA) is 69.0 Å². The summed E-state index contributed by atoms with van der Waals surface area (Å²) < 4.78 is 47.4. The second-order valence-electron chi connectivity index (χ2n) is 7.47. The van der Waals surface area contributed by atoms with Gasteiger partial charge in [-0.1, -0.05) is 18.2 Å². The summed E-state index contributed by atoms with van der Waals surface area (Å²) in [6, 6.07) is 5.03. The van der Waals surface area contributed by atoms with Crippen LogP contribution < -0.4 is 10.9 Å². The highest BCUT2D eigenvalue weighted by molar-refractivity contribution is 5.87. The van der Waals surface area contributed by atoms with E-state index >= 15 is 0 Å². The molecular formula is C21H21F3N4O2. The fourth-order valence-electron chi connectivity index (χ4n) is 3.63. The van der Waals surface area contributed by atoms with Crippen LogP contribution in [-0.4, -0.2) is 27.7 Å². The van der Waals surface area contributed by atoms with Gasteiger partial charge in [-0.25, -0.2) is 23.1 Å². The molecule has 6 nitrogen and oxygen atoms in total. The largest absolute Gasteiger partial charge is 0.380 e. The average Bonchev–Trinajstić information content (AvgIpc) is 2.65. The number of hydrogen-bond acceptors (Lipinski definition) is 5. The third-order valence-corrected chi connectivity index (χ3v) is 5.40. The van der Waals surface area contributed by atoms with Gasteiger partial charge in [0, 0.05) is 24.1 Å². The van der Waals surface area contributed by atoms with E-state index in [0.717, 1.165) is 6.07 Å². The molecule has 30 heavy (non-hydrogen) atoms. The molecule has 0 saturated carbocycles. The zero-order valence-corrected chi connectivity index (χ0v) is 16.7. The molecule has 1 aromatic carbocycles. The molecule has 0 bridgehead atoms. The third-order valence-electron chi connectivity index (χ3n) is 5.40. The van der Waals surface area contributed by atoms with Crippen molar-refractivity contribution < 1.29 is 17.9 Å². The Balaban J connectivity index is 1.80. The van der Waals surface area contributed by atoms with Gasteiger partial charge in [-0.05, 0) is 19.9 Å². The summed E-state index contributed by atoms with van der Waals surface area (Å²) in [4.78, 5) is 21.5. The Morgan fingerprint density at radius 1 is 1.23 bits per heavy atom. The average molecular weight is 418 g/mol. The van der Waals surface area contributed by atoms with Gasteiger partial charge < -0.3 is 10.1 Å². The number of nitrogens with one attached hydrogen (secondary N) is 1. The van der Waals surface area contributed by atoms with Crippen molar-refractivity contribution in [2.75, 3.05) is 18.5 Å². The van der Waals surface area contributed by atoms with Crippen molar-refractivity contribution >= 4 is 16.9 Å². The Morgan fingerprint density at radius 2 is 1.93 bits per heavy atom. The van der Waals surface area contributed by atoms with Crippen LogP contribution in [0.1, 0.15) is 47.8 Å². The molecule has 1 fully saturated rings. The lowest BCUT2D eigenvalue weighted by molar-refractivity contribution is 0.00780. The third kappa shape index (κ3) is 3.43. The van der Waals surface area contributed by atoms with E-state index in [1.165, 1.54) is 16.7 Å². The van der Waals surface area contributed by atoms with Crippen LogP contribution in [0.2, 0.25) is 0 Å². The first-order chi connectivity index (χ1) is 14.3. The van der Waals surface area contributed by atoms with Crippen LogP contribution in [0.15, 0.2) is 29.1 Å². The zero-order chi connectivity index (χ0) is 21.6. The van der Waals surface area contributed by atoms with E-state index in [1.54, 1.807) is 27.0 Å². The van der Waals surface area contributed by atoms with E-state index in [4.69, 9.17) is 4.74 Å². The Kier molecular flexibility index (Phi) is 5.23. The van der Waals surface area contributed by atoms with Crippen molar-refractivity contribution in [3.8, 4) is 0 Å². The van der Waals surface area contributed by atoms with Gasteiger partial charge in [0.2, 0.25) is 0 Å². The number of benzene rings is 1. The molecule has 9 heteroatoms. The molecule has 1 saturated heterocycles. The Hall–Kier alpha value is -2.94. The van der Waals surface area contributed by atoms with Crippen LogP contribution in [0, 0.1) is 12.7 Å². The van der Waals surface area contributed by atoms with Gasteiger partial charge in [0.25, 0.3) is 12.0 Å². The maximum absolute atomic E-state index is 14.6. The Morgan fingerprint density at radius 3 is 2.57 bits per heavy atom. The normalized spacial score (nSPS) is 15.4. The molecule has 1 aliphatic rings. The van der Waals surface area contributed by atoms with Gasteiger partial charge in [-0.2, -0.15) is 0 Å². The highest BCUT2D eigenvalue weighted by Crippen LogP contribution is 2.31. The minimum atomic E-state index is -2.90. The lowest BCUT2D eigenvalue weighted by Crippen LogP contribution is -2.33. The number of hydrogen-bond donors (Lipinski definition) is 1. The number of rotatable bonds is 5. The zero-order valence-electron chi connectivity index (χ0n) is 16.7. The predicted molar refractivity (Wildman–Crippen MR) is 106 cm³/mol. The van der Waals surface area contributed by atoms with Gasteiger partial charge in [-0.15, -0.1) is 0 Å². The molecule has 0 spiro atoms. The first-order valence-electron chi connectivity index (χ1n) is 9.57. The van der Waals surface area contributed by atoms with E-state index in [2.05, 4.69) is 15.3 Å². The van der Waals surface area contributed by atoms with E-state index in [1.807, 2.05) is 0 Å². The van der Waals surface area contributed by atoms with Gasteiger partial charge in [0.15, 0.2) is 0 Å². The molecule has 0 aliphatic carbocycles. The van der Waals surface area contributed by atoms with Crippen molar-refractivity contribution in [3.63, 3.8) is 0 Å². The fraction of sp³-hybridized carbons (Fsp3) is 0.381. The standard InChI is InChI=1S/C21H21F3N4O2/c1-10(13-5-4-6-14(17(13)22)18(23)24)25-19-16-7-15(12-8-30-9-12)21(29)28(3)20(16)27-11(2)26-19/h4-7,10,12,18H,8-9H2,1-3H3,(H,25,26,27)/t10-/m1/s1. The molecule has 3 heterocycles. The molecule has 0 amide bonds. The number of nitrogens with zero attached hydrogens (tertiary/aromatic N) is 3. The summed E-state index contributed by atoms with van der Waals surface area (Å²) in [6.07, 6.45) is -2.90. The SMILES string of the molecule is Cc1nc(N[C@H](C)c2cccc(C(F)F)c2F)c2cc(C3COC3)c(=O)n(C)c2n1. The molecular weight excluding hydrogens is 397 g/mol. The first kappa shape index (κ1) is 20.3. The Labute approximate surface area is 170 Å². The molecule has 4 rings (SSSR count).